The number of ether oxygens (including phenoxy) is 3. The molecule has 0 unspecified atom stereocenters. The average molecular weight is 850 g/mol. The topological polar surface area (TPSA) is 181 Å². The summed E-state index contributed by atoms with van der Waals surface area (Å²) in [6.07, 6.45) is 11.0. The summed E-state index contributed by atoms with van der Waals surface area (Å²) in [5, 5.41) is 15.8. The van der Waals surface area contributed by atoms with Crippen LogP contribution in [0.5, 0.6) is 11.5 Å². The van der Waals surface area contributed by atoms with Crippen LogP contribution in [-0.2, 0) is 25.9 Å². The number of pyridine rings is 1. The lowest BCUT2D eigenvalue weighted by Gasteiger charge is -2.56. The van der Waals surface area contributed by atoms with Crippen LogP contribution in [-0.4, -0.2) is 92.3 Å². The maximum atomic E-state index is 13.9. The summed E-state index contributed by atoms with van der Waals surface area (Å²) in [6.45, 7) is 6.53. The molecule has 2 aromatic heterocycles. The molecule has 1 saturated carbocycles. The number of nitro benzene ring substituents is 1. The molecule has 2 atom stereocenters. The molecule has 3 saturated heterocycles. The highest BCUT2D eigenvalue weighted by Gasteiger charge is 2.50. The predicted octanol–water partition coefficient (Wildman–Crippen LogP) is 7.36. The predicted molar refractivity (Wildman–Crippen MR) is 231 cm³/mol. The first kappa shape index (κ1) is 40.8. The minimum atomic E-state index is -4.56. The number of nitro groups is 1. The Kier molecular flexibility index (Phi) is 11.4. The zero-order valence-electron chi connectivity index (χ0n) is 34.2. The number of aryl methyl sites for hydroxylation is 1. The molecular formula is C45H51N7O8S. The number of benzene rings is 3. The summed E-state index contributed by atoms with van der Waals surface area (Å²) in [6, 6.07) is 22.3. The maximum Gasteiger partial charge on any atom is 0.293 e. The van der Waals surface area contributed by atoms with E-state index in [1.165, 1.54) is 55.1 Å². The van der Waals surface area contributed by atoms with E-state index in [0.717, 1.165) is 56.0 Å². The van der Waals surface area contributed by atoms with Gasteiger partial charge in [0.1, 0.15) is 22.8 Å². The molecule has 15 nitrogen and oxygen atoms in total. The summed E-state index contributed by atoms with van der Waals surface area (Å²) in [5.74, 6) is -0.431. The smallest absolute Gasteiger partial charge is 0.293 e. The Morgan fingerprint density at radius 3 is 2.67 bits per heavy atom. The van der Waals surface area contributed by atoms with E-state index < -0.39 is 31.4 Å². The Morgan fingerprint density at radius 1 is 1.05 bits per heavy atom. The zero-order chi connectivity index (χ0) is 42.1. The molecule has 0 radical (unpaired) electrons. The van der Waals surface area contributed by atoms with E-state index in [1.54, 1.807) is 24.4 Å². The molecule has 3 aliphatic heterocycles. The number of aromatic nitrogens is 2. The van der Waals surface area contributed by atoms with Gasteiger partial charge in [-0.1, -0.05) is 31.2 Å². The number of carbonyl (C=O) groups excluding carboxylic acids is 1. The third kappa shape index (κ3) is 8.54. The van der Waals surface area contributed by atoms with E-state index in [-0.39, 0.29) is 29.6 Å². The fourth-order valence-electron chi connectivity index (χ4n) is 9.74. The monoisotopic (exact) mass is 849 g/mol. The second-order valence-corrected chi connectivity index (χ2v) is 18.4. The van der Waals surface area contributed by atoms with E-state index in [2.05, 4.69) is 61.0 Å². The van der Waals surface area contributed by atoms with Crippen LogP contribution in [0.1, 0.15) is 73.0 Å². The van der Waals surface area contributed by atoms with Crippen LogP contribution in [0.15, 0.2) is 90.1 Å². The molecule has 3 N–H and O–H groups in total. The summed E-state index contributed by atoms with van der Waals surface area (Å²) >= 11 is 0. The van der Waals surface area contributed by atoms with Gasteiger partial charge in [0.05, 0.1) is 47.5 Å². The molecule has 1 aliphatic carbocycles. The second kappa shape index (κ2) is 17.1. The van der Waals surface area contributed by atoms with Gasteiger partial charge in [-0.3, -0.25) is 19.8 Å². The molecule has 16 heteroatoms. The normalized spacial score (nSPS) is 20.7. The molecular weight excluding hydrogens is 799 g/mol. The van der Waals surface area contributed by atoms with Crippen LogP contribution >= 0.6 is 0 Å². The largest absolute Gasteiger partial charge is 0.455 e. The SMILES string of the molecule is CCc1ccccc1[C@@H]1CCCN1C1CC2(CCN(c3ccc(C(=O)NS(=O)(=O)c4ccc(NC[C@@H]5COCCO5)c([N+](=O)[O-])c4)c(Oc4cnc5[nH]ccc5c4)c3)CC2)C1. The fourth-order valence-corrected chi connectivity index (χ4v) is 10.7. The number of likely N-dealkylation sites (tertiary alicyclic amines) is 1. The molecule has 320 valence electrons. The van der Waals surface area contributed by atoms with Crippen LogP contribution in [0.4, 0.5) is 17.1 Å². The van der Waals surface area contributed by atoms with Crippen LogP contribution < -0.4 is 19.7 Å². The third-order valence-electron chi connectivity index (χ3n) is 13.0. The Balaban J connectivity index is 0.905. The number of sulfonamides is 1. The number of nitrogens with zero attached hydrogens (tertiary/aromatic N) is 4. The van der Waals surface area contributed by atoms with Crippen molar-refractivity contribution >= 4 is 44.0 Å². The number of fused-ring (bicyclic) bond motifs is 1. The van der Waals surface area contributed by atoms with Gasteiger partial charge in [-0.2, -0.15) is 0 Å². The first-order valence-corrected chi connectivity index (χ1v) is 22.7. The number of H-pyrrole nitrogens is 1. The van der Waals surface area contributed by atoms with Crippen LogP contribution in [0.3, 0.4) is 0 Å². The minimum absolute atomic E-state index is 0.0240. The van der Waals surface area contributed by atoms with Gasteiger partial charge in [0.15, 0.2) is 0 Å². The highest BCUT2D eigenvalue weighted by atomic mass is 32.2. The number of carbonyl (C=O) groups is 1. The molecule has 0 bridgehead atoms. The molecule has 4 fully saturated rings. The molecule has 1 amide bonds. The van der Waals surface area contributed by atoms with E-state index in [1.807, 2.05) is 12.1 Å². The zero-order valence-corrected chi connectivity index (χ0v) is 35.0. The quantitative estimate of drug-likeness (QED) is 0.0793. The second-order valence-electron chi connectivity index (χ2n) is 16.7. The van der Waals surface area contributed by atoms with Crippen molar-refractivity contribution in [3.63, 3.8) is 0 Å². The van der Waals surface area contributed by atoms with Crippen molar-refractivity contribution in [2.75, 3.05) is 56.2 Å². The molecule has 3 aromatic carbocycles. The number of nitrogens with one attached hydrogen (secondary N) is 3. The van der Waals surface area contributed by atoms with Crippen molar-refractivity contribution in [3.05, 3.63) is 112 Å². The van der Waals surface area contributed by atoms with E-state index in [9.17, 15) is 23.3 Å². The summed E-state index contributed by atoms with van der Waals surface area (Å²) in [5.41, 5.74) is 4.41. The van der Waals surface area contributed by atoms with E-state index >= 15 is 0 Å². The van der Waals surface area contributed by atoms with Crippen molar-refractivity contribution in [1.29, 1.82) is 0 Å². The van der Waals surface area contributed by atoms with Crippen molar-refractivity contribution in [2.24, 2.45) is 5.41 Å². The van der Waals surface area contributed by atoms with Crippen molar-refractivity contribution < 1.29 is 32.3 Å². The third-order valence-corrected chi connectivity index (χ3v) is 14.3. The molecule has 9 rings (SSSR count). The minimum Gasteiger partial charge on any atom is -0.455 e. The lowest BCUT2D eigenvalue weighted by molar-refractivity contribution is -0.384. The Bertz CT molecular complexity index is 2530. The van der Waals surface area contributed by atoms with Crippen molar-refractivity contribution in [3.8, 4) is 11.5 Å². The maximum absolute atomic E-state index is 13.9. The average Bonchev–Trinajstić information content (AvgIpc) is 3.95. The number of hydrogen-bond donors (Lipinski definition) is 3. The number of aromatic amines is 1. The van der Waals surface area contributed by atoms with Gasteiger partial charge < -0.3 is 29.4 Å². The summed E-state index contributed by atoms with van der Waals surface area (Å²) in [7, 11) is -4.56. The van der Waals surface area contributed by atoms with Crippen LogP contribution in [0, 0.1) is 15.5 Å². The number of amides is 1. The molecule has 5 heterocycles. The van der Waals surface area contributed by atoms with Gasteiger partial charge in [-0.25, -0.2) is 18.1 Å². The van der Waals surface area contributed by atoms with Gasteiger partial charge in [-0.15, -0.1) is 0 Å². The van der Waals surface area contributed by atoms with Crippen molar-refractivity contribution in [1.82, 2.24) is 19.6 Å². The number of hydrogen-bond acceptors (Lipinski definition) is 12. The van der Waals surface area contributed by atoms with Gasteiger partial charge in [-0.05, 0) is 104 Å². The van der Waals surface area contributed by atoms with Gasteiger partial charge in [0.2, 0.25) is 0 Å². The Labute approximate surface area is 355 Å². The summed E-state index contributed by atoms with van der Waals surface area (Å²) < 4.78 is 46.7. The summed E-state index contributed by atoms with van der Waals surface area (Å²) in [4.78, 5) is 37.4. The molecule has 1 spiro atoms. The van der Waals surface area contributed by atoms with Gasteiger partial charge >= 0.3 is 0 Å². The highest BCUT2D eigenvalue weighted by Crippen LogP contribution is 2.54. The van der Waals surface area contributed by atoms with Crippen LogP contribution in [0.2, 0.25) is 0 Å². The van der Waals surface area contributed by atoms with E-state index in [0.29, 0.717) is 48.7 Å². The highest BCUT2D eigenvalue weighted by molar-refractivity contribution is 7.90. The van der Waals surface area contributed by atoms with Gasteiger partial charge in [0, 0.05) is 61.1 Å². The fraction of sp³-hybridized carbons (Fsp3) is 0.422. The first-order valence-electron chi connectivity index (χ1n) is 21.2. The van der Waals surface area contributed by atoms with Gasteiger partial charge in [0.25, 0.3) is 21.6 Å². The molecule has 4 aliphatic rings. The standard InChI is InChI=1S/C45H51N7O8S/c1-2-30-6-3-4-7-37(30)40-8-5-17-51(40)33-25-45(26-33)14-18-50(19-15-45)32-9-11-38(42(23-32)60-34-22-31-13-16-46-43(31)48-27-34)44(53)49-61(56,57)36-10-12-39(41(24-36)52(54)55)47-28-35-29-58-20-21-59-35/h3-4,6-7,9-13,16,22-24,27,33,35,40,47H,2,5,8,14-15,17-21,25-26,28-29H2,1H3,(H,46,48)(H,49,53)/t35-,40+/m1/s1. The first-order chi connectivity index (χ1) is 29.6. The van der Waals surface area contributed by atoms with Crippen LogP contribution in [0.25, 0.3) is 11.0 Å². The lowest BCUT2D eigenvalue weighted by atomic mass is 9.59. The Morgan fingerprint density at radius 2 is 1.89 bits per heavy atom. The number of piperidine rings is 1. The Hall–Kier alpha value is -5.55. The lowest BCUT2D eigenvalue weighted by Crippen LogP contribution is -2.54. The molecule has 5 aromatic rings. The van der Waals surface area contributed by atoms with E-state index in [4.69, 9.17) is 14.2 Å². The number of rotatable bonds is 13. The number of anilines is 2. The van der Waals surface area contributed by atoms with Crippen molar-refractivity contribution in [2.45, 2.75) is 75.0 Å². The molecule has 61 heavy (non-hydrogen) atoms.